The van der Waals surface area contributed by atoms with Gasteiger partial charge in [-0.1, -0.05) is 16.9 Å². The molecule has 0 saturated carbocycles. The lowest BCUT2D eigenvalue weighted by Gasteiger charge is -2.11. The second-order valence-corrected chi connectivity index (χ2v) is 6.16. The van der Waals surface area contributed by atoms with Gasteiger partial charge in [-0.25, -0.2) is 4.79 Å². The molecule has 1 rings (SSSR count). The minimum absolute atomic E-state index is 0.0644. The Hall–Kier alpha value is -0.760. The summed E-state index contributed by atoms with van der Waals surface area (Å²) in [4.78, 5) is 11.0. The van der Waals surface area contributed by atoms with Crippen LogP contribution < -0.4 is 0 Å². The third kappa shape index (κ3) is 3.38. The first kappa shape index (κ1) is 12.3. The second-order valence-electron chi connectivity index (χ2n) is 3.00. The minimum Gasteiger partial charge on any atom is -0.460 e. The van der Waals surface area contributed by atoms with E-state index in [9.17, 15) is 13.2 Å². The molecule has 0 unspecified atom stereocenters. The smallest absolute Gasteiger partial charge is 0.367 e. The third-order valence-corrected chi connectivity index (χ3v) is 3.85. The van der Waals surface area contributed by atoms with Crippen molar-refractivity contribution in [2.45, 2.75) is 19.1 Å². The van der Waals surface area contributed by atoms with E-state index in [0.717, 1.165) is 11.8 Å². The maximum absolute atomic E-state index is 11.2. The molecule has 0 atom stereocenters. The summed E-state index contributed by atoms with van der Waals surface area (Å²) < 4.78 is 31.4. The maximum atomic E-state index is 11.2. The summed E-state index contributed by atoms with van der Waals surface area (Å²) in [5.41, 5.74) is 0. The molecule has 86 valence electrons. The van der Waals surface area contributed by atoms with E-state index in [-0.39, 0.29) is 5.04 Å². The Labute approximate surface area is 92.1 Å². The summed E-state index contributed by atoms with van der Waals surface area (Å²) in [6.45, 7) is 3.23. The first-order valence-corrected chi connectivity index (χ1v) is 6.69. The normalized spacial score (nSPS) is 20.5. The predicted octanol–water partition coefficient (Wildman–Crippen LogP) is 0.345. The number of cyclic esters (lactones) is 1. The van der Waals surface area contributed by atoms with Gasteiger partial charge in [-0.05, 0) is 13.8 Å². The van der Waals surface area contributed by atoms with Crippen molar-refractivity contribution >= 4 is 32.9 Å². The van der Waals surface area contributed by atoms with Gasteiger partial charge in [0.1, 0.15) is 6.61 Å². The molecule has 6 nitrogen and oxygen atoms in total. The van der Waals surface area contributed by atoms with Crippen molar-refractivity contribution < 1.29 is 22.2 Å². The van der Waals surface area contributed by atoms with Crippen molar-refractivity contribution in [2.75, 3.05) is 12.4 Å². The van der Waals surface area contributed by atoms with Gasteiger partial charge in [-0.3, -0.25) is 4.28 Å². The molecule has 0 bridgehead atoms. The van der Waals surface area contributed by atoms with Crippen LogP contribution in [0.15, 0.2) is 5.16 Å². The Kier molecular flexibility index (Phi) is 3.97. The van der Waals surface area contributed by atoms with Gasteiger partial charge in [-0.2, -0.15) is 8.42 Å². The van der Waals surface area contributed by atoms with Crippen LogP contribution >= 0.6 is 11.8 Å². The van der Waals surface area contributed by atoms with E-state index >= 15 is 0 Å². The average molecular weight is 253 g/mol. The molecular formula is C7H11NO5S2. The Morgan fingerprint density at radius 2 is 2.20 bits per heavy atom. The number of hydrogen-bond donors (Lipinski definition) is 0. The molecule has 1 fully saturated rings. The van der Waals surface area contributed by atoms with Gasteiger partial charge in [-0.15, -0.1) is 0 Å². The lowest BCUT2D eigenvalue weighted by atomic mass is 10.6. The summed E-state index contributed by atoms with van der Waals surface area (Å²) in [6.07, 6.45) is 0. The standard InChI is InChI=1S/C7H11NO5S2/c1-5(2)15(10,11)13-8-6-7(9)12-3-4-14-6/h5H,3-4H2,1-2H3/b8-6-. The lowest BCUT2D eigenvalue weighted by molar-refractivity contribution is -0.135. The van der Waals surface area contributed by atoms with Gasteiger partial charge in [0.15, 0.2) is 0 Å². The topological polar surface area (TPSA) is 82.0 Å². The number of thioether (sulfide) groups is 1. The summed E-state index contributed by atoms with van der Waals surface area (Å²) in [7, 11) is -3.73. The molecule has 0 amide bonds. The zero-order valence-corrected chi connectivity index (χ0v) is 9.93. The average Bonchev–Trinajstić information content (AvgIpc) is 2.16. The number of oxime groups is 1. The van der Waals surface area contributed by atoms with Gasteiger partial charge in [0.25, 0.3) is 0 Å². The SMILES string of the molecule is CC(C)S(=O)(=O)O/N=C1\SCCOC1=O. The van der Waals surface area contributed by atoms with Crippen LogP contribution in [0.5, 0.6) is 0 Å². The lowest BCUT2D eigenvalue weighted by Crippen LogP contribution is -2.24. The van der Waals surface area contributed by atoms with E-state index < -0.39 is 21.3 Å². The predicted molar refractivity (Wildman–Crippen MR) is 56.0 cm³/mol. The number of ether oxygens (including phenoxy) is 1. The van der Waals surface area contributed by atoms with Crippen LogP contribution in [0.1, 0.15) is 13.8 Å². The van der Waals surface area contributed by atoms with Gasteiger partial charge in [0.05, 0.1) is 5.25 Å². The number of carbonyl (C=O) groups excluding carboxylic acids is 1. The number of carbonyl (C=O) groups is 1. The van der Waals surface area contributed by atoms with Crippen molar-refractivity contribution in [1.29, 1.82) is 0 Å². The van der Waals surface area contributed by atoms with Gasteiger partial charge in [0, 0.05) is 5.75 Å². The number of nitrogens with zero attached hydrogens (tertiary/aromatic N) is 1. The second kappa shape index (κ2) is 4.84. The molecule has 1 heterocycles. The Morgan fingerprint density at radius 1 is 1.53 bits per heavy atom. The highest BCUT2D eigenvalue weighted by atomic mass is 32.2. The molecule has 0 aromatic rings. The molecular weight excluding hydrogens is 242 g/mol. The molecule has 0 radical (unpaired) electrons. The molecule has 15 heavy (non-hydrogen) atoms. The van der Waals surface area contributed by atoms with Crippen molar-refractivity contribution in [1.82, 2.24) is 0 Å². The molecule has 8 heteroatoms. The van der Waals surface area contributed by atoms with Gasteiger partial charge in [0.2, 0.25) is 5.04 Å². The van der Waals surface area contributed by atoms with Crippen molar-refractivity contribution in [2.24, 2.45) is 5.16 Å². The number of hydrogen-bond acceptors (Lipinski definition) is 7. The first-order valence-electron chi connectivity index (χ1n) is 4.24. The van der Waals surface area contributed by atoms with Crippen LogP contribution in [0.3, 0.4) is 0 Å². The van der Waals surface area contributed by atoms with E-state index in [1.54, 1.807) is 0 Å². The zero-order valence-electron chi connectivity index (χ0n) is 8.30. The first-order chi connectivity index (χ1) is 6.93. The zero-order chi connectivity index (χ0) is 11.5. The quantitative estimate of drug-likeness (QED) is 0.533. The number of esters is 1. The Morgan fingerprint density at radius 3 is 2.73 bits per heavy atom. The molecule has 1 aliphatic rings. The summed E-state index contributed by atoms with van der Waals surface area (Å²) >= 11 is 1.11. The number of rotatable bonds is 3. The van der Waals surface area contributed by atoms with E-state index in [1.165, 1.54) is 13.8 Å². The highest BCUT2D eigenvalue weighted by Crippen LogP contribution is 2.13. The Balaban J connectivity index is 2.68. The van der Waals surface area contributed by atoms with Crippen molar-refractivity contribution in [3.8, 4) is 0 Å². The highest BCUT2D eigenvalue weighted by Gasteiger charge is 2.23. The van der Waals surface area contributed by atoms with E-state index in [2.05, 4.69) is 14.2 Å². The fraction of sp³-hybridized carbons (Fsp3) is 0.714. The summed E-state index contributed by atoms with van der Waals surface area (Å²) in [5.74, 6) is -0.0967. The minimum atomic E-state index is -3.73. The van der Waals surface area contributed by atoms with Gasteiger partial charge < -0.3 is 4.74 Å². The fourth-order valence-electron chi connectivity index (χ4n) is 0.629. The molecule has 0 aliphatic carbocycles. The highest BCUT2D eigenvalue weighted by molar-refractivity contribution is 8.15. The monoisotopic (exact) mass is 253 g/mol. The molecule has 1 saturated heterocycles. The molecule has 1 aliphatic heterocycles. The molecule has 0 N–H and O–H groups in total. The van der Waals surface area contributed by atoms with Crippen molar-refractivity contribution in [3.05, 3.63) is 0 Å². The van der Waals surface area contributed by atoms with Crippen LogP contribution in [0.25, 0.3) is 0 Å². The van der Waals surface area contributed by atoms with E-state index in [4.69, 9.17) is 0 Å². The van der Waals surface area contributed by atoms with E-state index in [0.29, 0.717) is 12.4 Å². The molecule has 0 aromatic carbocycles. The maximum Gasteiger partial charge on any atom is 0.367 e. The van der Waals surface area contributed by atoms with Crippen LogP contribution in [0.4, 0.5) is 0 Å². The summed E-state index contributed by atoms with van der Waals surface area (Å²) in [5, 5.41) is 2.51. The molecule has 0 aromatic heterocycles. The largest absolute Gasteiger partial charge is 0.460 e. The summed E-state index contributed by atoms with van der Waals surface area (Å²) in [6, 6.07) is 0. The Bertz CT molecular complexity index is 373. The van der Waals surface area contributed by atoms with Gasteiger partial charge >= 0.3 is 16.1 Å². The van der Waals surface area contributed by atoms with Crippen LogP contribution in [-0.4, -0.2) is 37.0 Å². The van der Waals surface area contributed by atoms with Crippen LogP contribution in [-0.2, 0) is 23.9 Å². The van der Waals surface area contributed by atoms with Crippen LogP contribution in [0.2, 0.25) is 0 Å². The van der Waals surface area contributed by atoms with E-state index in [1.807, 2.05) is 0 Å². The fourth-order valence-corrected chi connectivity index (χ4v) is 1.65. The molecule has 0 spiro atoms. The third-order valence-electron chi connectivity index (χ3n) is 1.53. The van der Waals surface area contributed by atoms with Crippen LogP contribution in [0, 0.1) is 0 Å². The van der Waals surface area contributed by atoms with Crippen molar-refractivity contribution in [3.63, 3.8) is 0 Å².